The van der Waals surface area contributed by atoms with E-state index in [-0.39, 0.29) is 11.3 Å². The molecule has 7 heteroatoms. The maximum atomic E-state index is 11.8. The number of aliphatic hydroxyl groups excluding tert-OH is 1. The van der Waals surface area contributed by atoms with Crippen molar-refractivity contribution in [3.05, 3.63) is 23.8 Å². The average Bonchev–Trinajstić information content (AvgIpc) is 2.35. The van der Waals surface area contributed by atoms with Gasteiger partial charge in [-0.15, -0.1) is 0 Å². The van der Waals surface area contributed by atoms with Crippen molar-refractivity contribution in [2.45, 2.75) is 38.9 Å². The summed E-state index contributed by atoms with van der Waals surface area (Å²) in [5.74, 6) is -0.715. The summed E-state index contributed by atoms with van der Waals surface area (Å²) in [5, 5.41) is 21.3. The molecule has 0 aliphatic rings. The number of aliphatic carboxylic acids is 1. The standard InChI is InChI=1S/C15H21NO6/c1-15(2,3)22-14(20)16-11-6-5-9(21-4)7-10(11)12(17)8-13(18)19/h5-7,12,17H,8H2,1-4H3,(H,16,20)(H,18,19)/t12-/m1/s1. The lowest BCUT2D eigenvalue weighted by molar-refractivity contribution is -0.139. The van der Waals surface area contributed by atoms with E-state index < -0.39 is 30.2 Å². The van der Waals surface area contributed by atoms with E-state index >= 15 is 0 Å². The van der Waals surface area contributed by atoms with Gasteiger partial charge in [0.1, 0.15) is 11.4 Å². The molecule has 0 aliphatic carbocycles. The third-order valence-corrected chi connectivity index (χ3v) is 2.62. The maximum Gasteiger partial charge on any atom is 0.412 e. The molecule has 0 bridgehead atoms. The van der Waals surface area contributed by atoms with E-state index in [0.717, 1.165) is 0 Å². The number of anilines is 1. The fourth-order valence-electron chi connectivity index (χ4n) is 1.75. The number of carbonyl (C=O) groups excluding carboxylic acids is 1. The zero-order chi connectivity index (χ0) is 16.9. The van der Waals surface area contributed by atoms with Crippen molar-refractivity contribution in [3.63, 3.8) is 0 Å². The Bertz CT molecular complexity index is 549. The highest BCUT2D eigenvalue weighted by Crippen LogP contribution is 2.30. The molecule has 0 unspecified atom stereocenters. The molecule has 3 N–H and O–H groups in total. The molecule has 0 aromatic heterocycles. The van der Waals surface area contributed by atoms with Gasteiger partial charge in [0.2, 0.25) is 0 Å². The number of carboxylic acids is 1. The minimum atomic E-state index is -1.28. The third kappa shape index (κ3) is 5.61. The lowest BCUT2D eigenvalue weighted by Gasteiger charge is -2.21. The van der Waals surface area contributed by atoms with Crippen LogP contribution in [0, 0.1) is 0 Å². The molecule has 0 heterocycles. The summed E-state index contributed by atoms with van der Waals surface area (Å²) >= 11 is 0. The number of amides is 1. The monoisotopic (exact) mass is 311 g/mol. The Balaban J connectivity index is 3.02. The van der Waals surface area contributed by atoms with Crippen molar-refractivity contribution in [2.24, 2.45) is 0 Å². The van der Waals surface area contributed by atoms with Crippen molar-refractivity contribution in [1.82, 2.24) is 0 Å². The summed E-state index contributed by atoms with van der Waals surface area (Å²) in [6.45, 7) is 5.17. The first-order valence-electron chi connectivity index (χ1n) is 6.70. The molecular formula is C15H21NO6. The number of carbonyl (C=O) groups is 2. The molecule has 0 radical (unpaired) electrons. The van der Waals surface area contributed by atoms with Crippen LogP contribution in [0.1, 0.15) is 38.9 Å². The summed E-state index contributed by atoms with van der Waals surface area (Å²) in [7, 11) is 1.45. The predicted octanol–water partition coefficient (Wildman–Crippen LogP) is 2.55. The number of nitrogens with one attached hydrogen (secondary N) is 1. The molecule has 0 saturated carbocycles. The second kappa shape index (κ2) is 7.13. The van der Waals surface area contributed by atoms with Crippen LogP contribution in [-0.2, 0) is 9.53 Å². The van der Waals surface area contributed by atoms with Gasteiger partial charge >= 0.3 is 12.1 Å². The minimum absolute atomic E-state index is 0.243. The first-order chi connectivity index (χ1) is 10.1. The van der Waals surface area contributed by atoms with Crippen molar-refractivity contribution < 1.29 is 29.3 Å². The predicted molar refractivity (Wildman–Crippen MR) is 80.1 cm³/mol. The quantitative estimate of drug-likeness (QED) is 0.772. The van der Waals surface area contributed by atoms with E-state index in [4.69, 9.17) is 14.6 Å². The molecule has 0 aliphatic heterocycles. The fraction of sp³-hybridized carbons (Fsp3) is 0.467. The van der Waals surface area contributed by atoms with Crippen LogP contribution in [0.4, 0.5) is 10.5 Å². The normalized spacial score (nSPS) is 12.4. The lowest BCUT2D eigenvalue weighted by Crippen LogP contribution is -2.27. The van der Waals surface area contributed by atoms with E-state index in [2.05, 4.69) is 5.32 Å². The molecule has 7 nitrogen and oxygen atoms in total. The smallest absolute Gasteiger partial charge is 0.412 e. The van der Waals surface area contributed by atoms with Gasteiger partial charge in [0, 0.05) is 5.56 Å². The van der Waals surface area contributed by atoms with Crippen LogP contribution in [0.5, 0.6) is 5.75 Å². The minimum Gasteiger partial charge on any atom is -0.497 e. The van der Waals surface area contributed by atoms with Gasteiger partial charge in [0.05, 0.1) is 25.3 Å². The van der Waals surface area contributed by atoms with Gasteiger partial charge in [-0.25, -0.2) is 4.79 Å². The zero-order valence-corrected chi connectivity index (χ0v) is 13.0. The molecule has 122 valence electrons. The van der Waals surface area contributed by atoms with Gasteiger partial charge in [0.15, 0.2) is 0 Å². The van der Waals surface area contributed by atoms with Crippen molar-refractivity contribution in [3.8, 4) is 5.75 Å². The molecule has 1 rings (SSSR count). The van der Waals surface area contributed by atoms with E-state index in [1.807, 2.05) is 0 Å². The van der Waals surface area contributed by atoms with Crippen LogP contribution < -0.4 is 10.1 Å². The zero-order valence-electron chi connectivity index (χ0n) is 13.0. The van der Waals surface area contributed by atoms with Gasteiger partial charge in [-0.3, -0.25) is 10.1 Å². The van der Waals surface area contributed by atoms with Crippen molar-refractivity contribution in [2.75, 3.05) is 12.4 Å². The molecule has 1 atom stereocenters. The van der Waals surface area contributed by atoms with E-state index in [1.165, 1.54) is 19.2 Å². The molecule has 0 saturated heterocycles. The fourth-order valence-corrected chi connectivity index (χ4v) is 1.75. The van der Waals surface area contributed by atoms with Gasteiger partial charge in [-0.2, -0.15) is 0 Å². The molecule has 0 spiro atoms. The topological polar surface area (TPSA) is 105 Å². The number of benzene rings is 1. The molecule has 1 aromatic rings. The Morgan fingerprint density at radius 3 is 2.45 bits per heavy atom. The Morgan fingerprint density at radius 2 is 1.95 bits per heavy atom. The number of ether oxygens (including phenoxy) is 2. The number of carboxylic acid groups (broad SMARTS) is 1. The first kappa shape index (κ1) is 17.8. The van der Waals surface area contributed by atoms with Crippen LogP contribution >= 0.6 is 0 Å². The van der Waals surface area contributed by atoms with Crippen LogP contribution in [0.15, 0.2) is 18.2 Å². The summed E-state index contributed by atoms with van der Waals surface area (Å²) in [4.78, 5) is 22.6. The molecule has 1 amide bonds. The summed E-state index contributed by atoms with van der Waals surface area (Å²) in [6, 6.07) is 4.58. The number of rotatable bonds is 5. The number of aliphatic hydroxyl groups is 1. The number of hydrogen-bond acceptors (Lipinski definition) is 5. The van der Waals surface area contributed by atoms with E-state index in [9.17, 15) is 14.7 Å². The van der Waals surface area contributed by atoms with E-state index in [1.54, 1.807) is 26.8 Å². The van der Waals surface area contributed by atoms with Gasteiger partial charge in [-0.05, 0) is 39.0 Å². The summed E-state index contributed by atoms with van der Waals surface area (Å²) < 4.78 is 10.2. The number of methoxy groups -OCH3 is 1. The van der Waals surface area contributed by atoms with Crippen molar-refractivity contribution >= 4 is 17.7 Å². The first-order valence-corrected chi connectivity index (χ1v) is 6.70. The highest BCUT2D eigenvalue weighted by molar-refractivity contribution is 5.86. The van der Waals surface area contributed by atoms with Gasteiger partial charge in [-0.1, -0.05) is 0 Å². The molecular weight excluding hydrogens is 290 g/mol. The lowest BCUT2D eigenvalue weighted by atomic mass is 10.0. The molecule has 22 heavy (non-hydrogen) atoms. The summed E-state index contributed by atoms with van der Waals surface area (Å²) in [6.07, 6.45) is -2.46. The Labute approximate surface area is 128 Å². The highest BCUT2D eigenvalue weighted by atomic mass is 16.6. The second-order valence-corrected chi connectivity index (χ2v) is 5.69. The molecule has 1 aromatic carbocycles. The SMILES string of the molecule is COc1ccc(NC(=O)OC(C)(C)C)c([C@H](O)CC(=O)O)c1. The second-order valence-electron chi connectivity index (χ2n) is 5.69. The summed E-state index contributed by atoms with van der Waals surface area (Å²) in [5.41, 5.74) is -0.160. The van der Waals surface area contributed by atoms with Crippen LogP contribution in [0.2, 0.25) is 0 Å². The van der Waals surface area contributed by atoms with E-state index in [0.29, 0.717) is 5.75 Å². The molecule has 0 fully saturated rings. The van der Waals surface area contributed by atoms with Gasteiger partial charge in [0.25, 0.3) is 0 Å². The van der Waals surface area contributed by atoms with Crippen LogP contribution in [-0.4, -0.2) is 35.0 Å². The Kier molecular flexibility index (Phi) is 5.76. The maximum absolute atomic E-state index is 11.8. The Hall–Kier alpha value is -2.28. The Morgan fingerprint density at radius 1 is 1.32 bits per heavy atom. The van der Waals surface area contributed by atoms with Crippen molar-refractivity contribution in [1.29, 1.82) is 0 Å². The number of hydrogen-bond donors (Lipinski definition) is 3. The largest absolute Gasteiger partial charge is 0.497 e. The van der Waals surface area contributed by atoms with Crippen LogP contribution in [0.3, 0.4) is 0 Å². The average molecular weight is 311 g/mol. The third-order valence-electron chi connectivity index (χ3n) is 2.62. The van der Waals surface area contributed by atoms with Crippen LogP contribution in [0.25, 0.3) is 0 Å². The van der Waals surface area contributed by atoms with Gasteiger partial charge < -0.3 is 19.7 Å². The highest BCUT2D eigenvalue weighted by Gasteiger charge is 2.21.